The lowest BCUT2D eigenvalue weighted by Gasteiger charge is -2.36. The normalized spacial score (nSPS) is 14.7. The van der Waals surface area contributed by atoms with Gasteiger partial charge in [0.25, 0.3) is 0 Å². The molecule has 3 aromatic carbocycles. The Bertz CT molecular complexity index is 1320. The number of aryl methyl sites for hydroxylation is 1. The zero-order valence-electron chi connectivity index (χ0n) is 20.5. The average molecular weight is 482 g/mol. The number of nitrogens with two attached hydrogens (primary N) is 1. The maximum Gasteiger partial charge on any atom is 0.241 e. The summed E-state index contributed by atoms with van der Waals surface area (Å²) in [6.45, 7) is 5.23. The lowest BCUT2D eigenvalue weighted by Crippen LogP contribution is -2.54. The van der Waals surface area contributed by atoms with Gasteiger partial charge in [0.2, 0.25) is 5.91 Å². The van der Waals surface area contributed by atoms with Crippen LogP contribution in [-0.2, 0) is 16.1 Å². The zero-order valence-corrected chi connectivity index (χ0v) is 20.5. The van der Waals surface area contributed by atoms with Crippen molar-refractivity contribution in [2.75, 3.05) is 37.7 Å². The van der Waals surface area contributed by atoms with Gasteiger partial charge >= 0.3 is 0 Å². The number of carbonyl (C=O) groups excluding carboxylic acids is 1. The number of hydrogen-bond acceptors (Lipinski definition) is 6. The lowest BCUT2D eigenvalue weighted by molar-refractivity contribution is -0.134. The van der Waals surface area contributed by atoms with Crippen molar-refractivity contribution in [3.05, 3.63) is 90.0 Å². The van der Waals surface area contributed by atoms with E-state index < -0.39 is 6.04 Å². The molecule has 1 fully saturated rings. The molecule has 2 heterocycles. The molecule has 1 aliphatic rings. The first-order valence-electron chi connectivity index (χ1n) is 12.3. The van der Waals surface area contributed by atoms with Crippen molar-refractivity contribution in [3.63, 3.8) is 0 Å². The number of piperazine rings is 1. The van der Waals surface area contributed by atoms with Crippen LogP contribution in [0.3, 0.4) is 0 Å². The second kappa shape index (κ2) is 10.8. The van der Waals surface area contributed by atoms with Gasteiger partial charge < -0.3 is 20.3 Å². The molecule has 36 heavy (non-hydrogen) atoms. The third-order valence-corrected chi connectivity index (χ3v) is 6.61. The number of anilines is 1. The molecule has 1 aromatic heterocycles. The second-order valence-electron chi connectivity index (χ2n) is 9.20. The molecule has 0 saturated carbocycles. The van der Waals surface area contributed by atoms with Crippen molar-refractivity contribution in [1.29, 1.82) is 0 Å². The molecule has 4 aromatic rings. The maximum absolute atomic E-state index is 12.9. The molecule has 0 bridgehead atoms. The third kappa shape index (κ3) is 5.22. The molecular weight excluding hydrogens is 450 g/mol. The first kappa shape index (κ1) is 23.9. The Labute approximate surface area is 211 Å². The SMILES string of the molecule is Cc1ccc(-c2nnc(N3CCN(C(=O)[C@@H](N)COCc4ccccc4)CC3)c3ccccc23)cc1. The standard InChI is InChI=1S/C29H31N5O2/c1-21-11-13-23(14-12-21)27-24-9-5-6-10-25(24)28(32-31-27)33-15-17-34(18-16-33)29(35)26(30)20-36-19-22-7-3-2-4-8-22/h2-14,26H,15-20,30H2,1H3/t26-/m0/s1. The van der Waals surface area contributed by atoms with Gasteiger partial charge in [0.1, 0.15) is 11.7 Å². The van der Waals surface area contributed by atoms with E-state index in [0.29, 0.717) is 32.8 Å². The Balaban J connectivity index is 1.23. The van der Waals surface area contributed by atoms with Crippen LogP contribution in [0.2, 0.25) is 0 Å². The molecule has 1 aliphatic heterocycles. The molecule has 0 spiro atoms. The fourth-order valence-electron chi connectivity index (χ4n) is 4.57. The summed E-state index contributed by atoms with van der Waals surface area (Å²) in [5, 5.41) is 11.4. The van der Waals surface area contributed by atoms with Gasteiger partial charge in [0.05, 0.1) is 13.2 Å². The Morgan fingerprint density at radius 3 is 2.28 bits per heavy atom. The summed E-state index contributed by atoms with van der Waals surface area (Å²) in [5.41, 5.74) is 10.4. The van der Waals surface area contributed by atoms with Gasteiger partial charge in [-0.15, -0.1) is 10.2 Å². The zero-order chi connectivity index (χ0) is 24.9. The van der Waals surface area contributed by atoms with Crippen molar-refractivity contribution < 1.29 is 9.53 Å². The number of carbonyl (C=O) groups is 1. The van der Waals surface area contributed by atoms with Crippen molar-refractivity contribution >= 4 is 22.5 Å². The summed E-state index contributed by atoms with van der Waals surface area (Å²) < 4.78 is 5.69. The Morgan fingerprint density at radius 1 is 0.889 bits per heavy atom. The van der Waals surface area contributed by atoms with Gasteiger partial charge in [-0.2, -0.15) is 0 Å². The summed E-state index contributed by atoms with van der Waals surface area (Å²) in [6, 6.07) is 25.8. The number of benzene rings is 3. The van der Waals surface area contributed by atoms with E-state index >= 15 is 0 Å². The van der Waals surface area contributed by atoms with Crippen LogP contribution in [0.1, 0.15) is 11.1 Å². The number of rotatable bonds is 7. The van der Waals surface area contributed by atoms with Crippen LogP contribution in [0, 0.1) is 6.92 Å². The second-order valence-corrected chi connectivity index (χ2v) is 9.20. The molecule has 1 amide bonds. The van der Waals surface area contributed by atoms with Crippen molar-refractivity contribution in [1.82, 2.24) is 15.1 Å². The molecular formula is C29H31N5O2. The Hall–Kier alpha value is -3.81. The summed E-state index contributed by atoms with van der Waals surface area (Å²) in [5.74, 6) is 0.775. The van der Waals surface area contributed by atoms with Crippen molar-refractivity contribution in [3.8, 4) is 11.3 Å². The van der Waals surface area contributed by atoms with Crippen molar-refractivity contribution in [2.24, 2.45) is 5.73 Å². The molecule has 1 atom stereocenters. The van der Waals surface area contributed by atoms with Gasteiger partial charge in [0.15, 0.2) is 5.82 Å². The number of ether oxygens (including phenoxy) is 1. The molecule has 0 radical (unpaired) electrons. The summed E-state index contributed by atoms with van der Waals surface area (Å²) >= 11 is 0. The molecule has 0 unspecified atom stereocenters. The summed E-state index contributed by atoms with van der Waals surface area (Å²) in [7, 11) is 0. The summed E-state index contributed by atoms with van der Waals surface area (Å²) in [6.07, 6.45) is 0. The highest BCUT2D eigenvalue weighted by molar-refractivity contribution is 6.00. The van der Waals surface area contributed by atoms with E-state index in [0.717, 1.165) is 33.4 Å². The highest BCUT2D eigenvalue weighted by atomic mass is 16.5. The van der Waals surface area contributed by atoms with E-state index in [-0.39, 0.29) is 12.5 Å². The molecule has 1 saturated heterocycles. The highest BCUT2D eigenvalue weighted by Crippen LogP contribution is 2.31. The summed E-state index contributed by atoms with van der Waals surface area (Å²) in [4.78, 5) is 16.9. The van der Waals surface area contributed by atoms with E-state index in [9.17, 15) is 4.79 Å². The van der Waals surface area contributed by atoms with Crippen LogP contribution in [0.5, 0.6) is 0 Å². The fraction of sp³-hybridized carbons (Fsp3) is 0.276. The number of fused-ring (bicyclic) bond motifs is 1. The molecule has 0 aliphatic carbocycles. The average Bonchev–Trinajstić information content (AvgIpc) is 2.93. The molecule has 5 rings (SSSR count). The number of aromatic nitrogens is 2. The topological polar surface area (TPSA) is 84.6 Å². The third-order valence-electron chi connectivity index (χ3n) is 6.61. The minimum absolute atomic E-state index is 0.0756. The monoisotopic (exact) mass is 481 g/mol. The predicted octanol–water partition coefficient (Wildman–Crippen LogP) is 3.80. The van der Waals surface area contributed by atoms with E-state index in [1.807, 2.05) is 47.4 Å². The van der Waals surface area contributed by atoms with Gasteiger partial charge in [-0.25, -0.2) is 0 Å². The number of hydrogen-bond donors (Lipinski definition) is 1. The first-order chi connectivity index (χ1) is 17.6. The van der Waals surface area contributed by atoms with Crippen LogP contribution >= 0.6 is 0 Å². The minimum Gasteiger partial charge on any atom is -0.375 e. The van der Waals surface area contributed by atoms with E-state index in [1.165, 1.54) is 5.56 Å². The molecule has 7 heteroatoms. The fourth-order valence-corrected chi connectivity index (χ4v) is 4.57. The van der Waals surface area contributed by atoms with Crippen LogP contribution < -0.4 is 10.6 Å². The van der Waals surface area contributed by atoms with Crippen LogP contribution in [-0.4, -0.2) is 59.8 Å². The molecule has 7 nitrogen and oxygen atoms in total. The van der Waals surface area contributed by atoms with E-state index in [4.69, 9.17) is 10.5 Å². The maximum atomic E-state index is 12.9. The largest absolute Gasteiger partial charge is 0.375 e. The highest BCUT2D eigenvalue weighted by Gasteiger charge is 2.27. The lowest BCUT2D eigenvalue weighted by atomic mass is 10.0. The van der Waals surface area contributed by atoms with Gasteiger partial charge in [-0.1, -0.05) is 84.4 Å². The van der Waals surface area contributed by atoms with Crippen molar-refractivity contribution in [2.45, 2.75) is 19.6 Å². The molecule has 2 N–H and O–H groups in total. The Morgan fingerprint density at radius 2 is 1.56 bits per heavy atom. The number of nitrogens with zero attached hydrogens (tertiary/aromatic N) is 4. The van der Waals surface area contributed by atoms with E-state index in [1.54, 1.807) is 0 Å². The van der Waals surface area contributed by atoms with Gasteiger partial charge in [-0.3, -0.25) is 4.79 Å². The van der Waals surface area contributed by atoms with Crippen LogP contribution in [0.15, 0.2) is 78.9 Å². The quantitative estimate of drug-likeness (QED) is 0.432. The van der Waals surface area contributed by atoms with Crippen LogP contribution in [0.4, 0.5) is 5.82 Å². The Kier molecular flexibility index (Phi) is 7.21. The predicted molar refractivity (Wildman–Crippen MR) is 143 cm³/mol. The van der Waals surface area contributed by atoms with Crippen LogP contribution in [0.25, 0.3) is 22.0 Å². The first-order valence-corrected chi connectivity index (χ1v) is 12.3. The van der Waals surface area contributed by atoms with Gasteiger partial charge in [0, 0.05) is 42.5 Å². The minimum atomic E-state index is -0.672. The molecule has 184 valence electrons. The smallest absolute Gasteiger partial charge is 0.241 e. The number of amides is 1. The van der Waals surface area contributed by atoms with Gasteiger partial charge in [-0.05, 0) is 12.5 Å². The van der Waals surface area contributed by atoms with E-state index in [2.05, 4.69) is 58.4 Å².